The van der Waals surface area contributed by atoms with Gasteiger partial charge in [-0.15, -0.1) is 0 Å². The van der Waals surface area contributed by atoms with Gasteiger partial charge in [0.25, 0.3) is 0 Å². The van der Waals surface area contributed by atoms with Gasteiger partial charge < -0.3 is 43.8 Å². The maximum Gasteiger partial charge on any atom is 0.507 e. The molecule has 0 aliphatic carbocycles. The van der Waals surface area contributed by atoms with Crippen LogP contribution in [0.4, 0.5) is 0 Å². The second-order valence-corrected chi connectivity index (χ2v) is 15.8. The van der Waals surface area contributed by atoms with Crippen LogP contribution < -0.4 is 28.5 Å². The van der Waals surface area contributed by atoms with E-state index >= 15 is 0 Å². The second kappa shape index (κ2) is 17.8. The minimum absolute atomic E-state index is 0.00154. The summed E-state index contributed by atoms with van der Waals surface area (Å²) >= 11 is 0. The summed E-state index contributed by atoms with van der Waals surface area (Å²) in [5.41, 5.74) is 0. The lowest BCUT2D eigenvalue weighted by Crippen LogP contribution is -2.67. The van der Waals surface area contributed by atoms with Gasteiger partial charge in [-0.1, -0.05) is 64.2 Å². The first-order valence-corrected chi connectivity index (χ1v) is 19.0. The first kappa shape index (κ1) is 39.3. The molecule has 6 rings (SSSR count). The van der Waals surface area contributed by atoms with Crippen molar-refractivity contribution in [1.82, 2.24) is 14.0 Å². The van der Waals surface area contributed by atoms with Crippen molar-refractivity contribution in [3.05, 3.63) is 164 Å². The summed E-state index contributed by atoms with van der Waals surface area (Å²) in [5.74, 6) is 1.91. The van der Waals surface area contributed by atoms with E-state index in [-0.39, 0.29) is 28.7 Å². The number of para-hydroxylation sites is 3. The molecular weight excluding hydrogens is 735 g/mol. The van der Waals surface area contributed by atoms with Crippen LogP contribution in [0.25, 0.3) is 0 Å². The highest BCUT2D eigenvalue weighted by atomic mass is 31.2. The van der Waals surface area contributed by atoms with E-state index in [1.165, 1.54) is 36.4 Å². The highest BCUT2D eigenvalue weighted by Gasteiger charge is 2.61. The summed E-state index contributed by atoms with van der Waals surface area (Å²) in [5, 5.41) is 30.6. The molecule has 0 amide bonds. The monoisotopic (exact) mass is 778 g/mol. The zero-order chi connectivity index (χ0) is 39.5. The molecule has 6 aromatic carbocycles. The van der Waals surface area contributed by atoms with E-state index in [1.807, 2.05) is 51.8 Å². The number of benzene rings is 6. The number of nitrogens with zero attached hydrogens (tertiary/aromatic N) is 4. The Morgan fingerprint density at radius 3 is 1.12 bits per heavy atom. The van der Waals surface area contributed by atoms with Crippen LogP contribution >= 0.6 is 7.51 Å². The quantitative estimate of drug-likeness (QED) is 0.0464. The van der Waals surface area contributed by atoms with E-state index in [0.717, 1.165) is 0 Å². The molecule has 0 fully saturated rings. The molecule has 0 atom stereocenters. The van der Waals surface area contributed by atoms with E-state index in [1.54, 1.807) is 118 Å². The molecule has 0 heterocycles. The molecule has 13 nitrogen and oxygen atoms in total. The molecule has 0 saturated heterocycles. The third-order valence-corrected chi connectivity index (χ3v) is 11.5. The highest BCUT2D eigenvalue weighted by Crippen LogP contribution is 2.61. The molecule has 3 N–H and O–H groups in total. The first-order chi connectivity index (χ1) is 27.1. The molecular formula is C42H43N4O9P. The van der Waals surface area contributed by atoms with Crippen LogP contribution in [0, 0.1) is 0 Å². The fourth-order valence-corrected chi connectivity index (χ4v) is 8.34. The third-order valence-electron chi connectivity index (χ3n) is 8.05. The van der Waals surface area contributed by atoms with Crippen molar-refractivity contribution in [2.45, 2.75) is 12.5 Å². The Labute approximate surface area is 325 Å². The average Bonchev–Trinajstić information content (AvgIpc) is 3.19. The number of phenols is 3. The Morgan fingerprint density at radius 1 is 0.446 bits per heavy atom. The molecule has 0 aliphatic heterocycles. The second-order valence-electron chi connectivity index (χ2n) is 12.5. The Balaban J connectivity index is 1.72. The molecule has 0 unspecified atom stereocenters. The Morgan fingerprint density at radius 2 is 0.768 bits per heavy atom. The molecule has 0 saturated carbocycles. The van der Waals surface area contributed by atoms with Crippen molar-refractivity contribution in [2.75, 3.05) is 28.2 Å². The fraction of sp³-hybridized carbons (Fsp3) is 0.143. The largest absolute Gasteiger partial charge is 0.508 e. The van der Waals surface area contributed by atoms with Gasteiger partial charge in [-0.2, -0.15) is 0 Å². The Bertz CT molecular complexity index is 2060. The number of ether oxygens (including phenoxy) is 5. The van der Waals surface area contributed by atoms with Crippen molar-refractivity contribution in [3.63, 3.8) is 0 Å². The third kappa shape index (κ3) is 9.46. The summed E-state index contributed by atoms with van der Waals surface area (Å²) in [6.07, 6.45) is -3.93. The minimum Gasteiger partial charge on any atom is -0.508 e. The zero-order valence-corrected chi connectivity index (χ0v) is 32.1. The van der Waals surface area contributed by atoms with Gasteiger partial charge in [-0.05, 0) is 137 Å². The number of rotatable bonds is 17. The number of phenolic OH excluding ortho intramolecular Hbond substituents is 3. The fourth-order valence-electron chi connectivity index (χ4n) is 5.48. The number of hydrogen-bond donors (Lipinski definition) is 3. The topological polar surface area (TPSA) is 138 Å². The van der Waals surface area contributed by atoms with Crippen molar-refractivity contribution >= 4 is 7.51 Å². The van der Waals surface area contributed by atoms with Crippen LogP contribution in [0.5, 0.6) is 51.7 Å². The van der Waals surface area contributed by atoms with Crippen molar-refractivity contribution in [2.24, 2.45) is 4.91 Å². The average molecular weight is 779 g/mol. The van der Waals surface area contributed by atoms with Gasteiger partial charge in [0.05, 0.1) is 0 Å². The Kier molecular flexibility index (Phi) is 12.5. The maximum atomic E-state index is 10.3. The lowest BCUT2D eigenvalue weighted by atomic mass is 10.3. The molecule has 0 bridgehead atoms. The van der Waals surface area contributed by atoms with Crippen LogP contribution in [-0.2, 0) is 0 Å². The molecule has 290 valence electrons. The predicted molar refractivity (Wildman–Crippen MR) is 212 cm³/mol. The van der Waals surface area contributed by atoms with Crippen LogP contribution in [0.2, 0.25) is 0 Å². The van der Waals surface area contributed by atoms with Gasteiger partial charge in [0.1, 0.15) is 46.0 Å². The lowest BCUT2D eigenvalue weighted by molar-refractivity contribution is -0.353. The number of hydrogen-bond acceptors (Lipinski definition) is 10. The summed E-state index contributed by atoms with van der Waals surface area (Å²) in [7, 11) is 3.53. The van der Waals surface area contributed by atoms with E-state index in [4.69, 9.17) is 33.4 Å². The summed E-state index contributed by atoms with van der Waals surface area (Å²) in [6, 6.07) is 45.2. The van der Waals surface area contributed by atoms with E-state index in [0.29, 0.717) is 23.0 Å². The van der Waals surface area contributed by atoms with Crippen LogP contribution in [0.15, 0.2) is 169 Å². The van der Waals surface area contributed by atoms with Gasteiger partial charge in [-0.3, -0.25) is 0 Å². The predicted octanol–water partition coefficient (Wildman–Crippen LogP) is 8.76. The lowest BCUT2D eigenvalue weighted by Gasteiger charge is -2.50. The van der Waals surface area contributed by atoms with Gasteiger partial charge in [0.15, 0.2) is 5.75 Å². The molecule has 6 aromatic rings. The number of aromatic hydroxyl groups is 3. The minimum atomic E-state index is -3.69. The van der Waals surface area contributed by atoms with Crippen molar-refractivity contribution in [3.8, 4) is 51.7 Å². The van der Waals surface area contributed by atoms with Gasteiger partial charge in [0.2, 0.25) is 7.51 Å². The highest BCUT2D eigenvalue weighted by molar-refractivity contribution is 7.59. The Hall–Kier alpha value is -6.37. The molecule has 14 heteroatoms. The summed E-state index contributed by atoms with van der Waals surface area (Å²) in [4.78, 5) is 11.3. The molecule has 0 aromatic heterocycles. The normalized spacial score (nSPS) is 11.7. The SMILES string of the molecule is CN(C)P(=NOc1ccc(O)cc1)(N(C)C)N(C(Oc1ccccc1)Oc1ccccc1)C(Oc1ccccc1)(Oc1ccc(O)cc1)Oc1ccc(O)cc1. The van der Waals surface area contributed by atoms with E-state index in [9.17, 15) is 15.3 Å². The van der Waals surface area contributed by atoms with Crippen molar-refractivity contribution < 1.29 is 43.8 Å². The van der Waals surface area contributed by atoms with Crippen molar-refractivity contribution in [1.29, 1.82) is 0 Å². The zero-order valence-electron chi connectivity index (χ0n) is 31.2. The van der Waals surface area contributed by atoms with Crippen LogP contribution in [0.3, 0.4) is 0 Å². The van der Waals surface area contributed by atoms with Crippen LogP contribution in [-0.4, -0.2) is 70.0 Å². The smallest absolute Gasteiger partial charge is 0.507 e. The standard InChI is InChI=1S/C42H43N4O9P/c1-44(2)56(45(3)4,43-55-40-30-24-34(49)25-31-40)46(41(50-35-14-8-5-9-15-35)51-36-16-10-6-11-17-36)42(52-37-18-12-7-13-19-37,53-38-26-20-32(47)21-27-38)54-39-28-22-33(48)23-29-39/h5-31,41,47-49H,1-4H3. The summed E-state index contributed by atoms with van der Waals surface area (Å²) in [6.45, 7) is 0. The van der Waals surface area contributed by atoms with Gasteiger partial charge >= 0.3 is 12.5 Å². The van der Waals surface area contributed by atoms with Gasteiger partial charge in [-0.25, -0.2) is 9.34 Å². The molecule has 56 heavy (non-hydrogen) atoms. The first-order valence-electron chi connectivity index (χ1n) is 17.4. The molecule has 0 aliphatic rings. The van der Waals surface area contributed by atoms with Crippen LogP contribution in [0.1, 0.15) is 0 Å². The molecule has 0 radical (unpaired) electrons. The maximum absolute atomic E-state index is 10.3. The molecule has 0 spiro atoms. The van der Waals surface area contributed by atoms with E-state index < -0.39 is 20.0 Å². The van der Waals surface area contributed by atoms with E-state index in [2.05, 4.69) is 0 Å². The summed E-state index contributed by atoms with van der Waals surface area (Å²) < 4.78 is 39.8. The van der Waals surface area contributed by atoms with Gasteiger partial charge in [0, 0.05) is 0 Å².